The maximum Gasteiger partial charge on any atom is 0.326 e. The van der Waals surface area contributed by atoms with Crippen LogP contribution in [0, 0.1) is 5.92 Å². The first-order chi connectivity index (χ1) is 15.2. The van der Waals surface area contributed by atoms with Crippen LogP contribution in [0.25, 0.3) is 0 Å². The zero-order chi connectivity index (χ0) is 24.1. The van der Waals surface area contributed by atoms with E-state index in [1.807, 2.05) is 13.2 Å². The molecule has 182 valence electrons. The van der Waals surface area contributed by atoms with E-state index in [1.54, 1.807) is 6.92 Å². The van der Waals surface area contributed by atoms with Crippen LogP contribution >= 0.6 is 11.8 Å². The zero-order valence-corrected chi connectivity index (χ0v) is 19.7. The Balaban J connectivity index is 2.54. The first-order valence-corrected chi connectivity index (χ1v) is 12.2. The van der Waals surface area contributed by atoms with Crippen molar-refractivity contribution in [2.45, 2.75) is 57.7 Å². The molecule has 0 radical (unpaired) electrons. The second kappa shape index (κ2) is 14.7. The fourth-order valence-corrected chi connectivity index (χ4v) is 3.61. The number of hydrogen-bond donors (Lipinski definition) is 6. The molecule has 1 aliphatic rings. The maximum absolute atomic E-state index is 12.6. The Labute approximate surface area is 192 Å². The summed E-state index contributed by atoms with van der Waals surface area (Å²) >= 11 is 1.47. The Hall–Kier alpha value is -2.34. The van der Waals surface area contributed by atoms with E-state index in [0.29, 0.717) is 18.6 Å². The standard InChI is InChI=1S/C20H35N5O6S/c1-4-12(2)17(25-16(27)11-22-18(28)13-6-5-8-21-13)19(29)23-10-15(26)24-14(20(30)31)7-9-32-3/h12-14,17,21H,4-11H2,1-3H3,(H,22,28)(H,23,29)(H,24,26)(H,25,27)(H,30,31)/t12-,13-,14-,17-/m0/s1. The Kier molecular flexibility index (Phi) is 12.7. The number of carboxylic acids is 1. The summed E-state index contributed by atoms with van der Waals surface area (Å²) in [7, 11) is 0. The molecule has 0 aromatic rings. The molecule has 1 rings (SSSR count). The molecule has 4 amide bonds. The van der Waals surface area contributed by atoms with Crippen LogP contribution in [0.15, 0.2) is 0 Å². The van der Waals surface area contributed by atoms with E-state index in [1.165, 1.54) is 11.8 Å². The van der Waals surface area contributed by atoms with Crippen molar-refractivity contribution in [2.24, 2.45) is 5.92 Å². The molecule has 4 atom stereocenters. The first kappa shape index (κ1) is 27.7. The van der Waals surface area contributed by atoms with Crippen molar-refractivity contribution in [3.05, 3.63) is 0 Å². The fraction of sp³-hybridized carbons (Fsp3) is 0.750. The van der Waals surface area contributed by atoms with Crippen molar-refractivity contribution in [3.8, 4) is 0 Å². The summed E-state index contributed by atoms with van der Waals surface area (Å²) in [5, 5.41) is 22.2. The van der Waals surface area contributed by atoms with Crippen LogP contribution in [0.4, 0.5) is 0 Å². The maximum atomic E-state index is 12.6. The van der Waals surface area contributed by atoms with Crippen molar-refractivity contribution in [3.63, 3.8) is 0 Å². The van der Waals surface area contributed by atoms with E-state index >= 15 is 0 Å². The van der Waals surface area contributed by atoms with E-state index < -0.39 is 42.3 Å². The normalized spacial score (nSPS) is 18.2. The van der Waals surface area contributed by atoms with E-state index in [4.69, 9.17) is 0 Å². The molecule has 1 aliphatic heterocycles. The molecule has 0 saturated carbocycles. The van der Waals surface area contributed by atoms with Gasteiger partial charge in [0.05, 0.1) is 19.1 Å². The first-order valence-electron chi connectivity index (χ1n) is 10.8. The third kappa shape index (κ3) is 9.86. The van der Waals surface area contributed by atoms with Crippen LogP contribution in [-0.2, 0) is 24.0 Å². The molecule has 0 bridgehead atoms. The quantitative estimate of drug-likeness (QED) is 0.183. The Morgan fingerprint density at radius 1 is 1.09 bits per heavy atom. The molecule has 0 aliphatic carbocycles. The zero-order valence-electron chi connectivity index (χ0n) is 18.9. The number of aliphatic carboxylic acids is 1. The lowest BCUT2D eigenvalue weighted by atomic mass is 9.98. The summed E-state index contributed by atoms with van der Waals surface area (Å²) in [6.07, 6.45) is 4.32. The number of carbonyl (C=O) groups is 5. The van der Waals surface area contributed by atoms with E-state index in [2.05, 4.69) is 26.6 Å². The van der Waals surface area contributed by atoms with Gasteiger partial charge < -0.3 is 31.7 Å². The predicted molar refractivity (Wildman–Crippen MR) is 121 cm³/mol. The Morgan fingerprint density at radius 3 is 2.31 bits per heavy atom. The number of amides is 4. The van der Waals surface area contributed by atoms with Gasteiger partial charge >= 0.3 is 5.97 Å². The van der Waals surface area contributed by atoms with Crippen LogP contribution in [0.3, 0.4) is 0 Å². The van der Waals surface area contributed by atoms with Gasteiger partial charge in [0, 0.05) is 0 Å². The molecule has 32 heavy (non-hydrogen) atoms. The van der Waals surface area contributed by atoms with Crippen molar-refractivity contribution < 1.29 is 29.1 Å². The van der Waals surface area contributed by atoms with Crippen LogP contribution in [-0.4, -0.2) is 84.5 Å². The van der Waals surface area contributed by atoms with Crippen molar-refractivity contribution in [1.29, 1.82) is 0 Å². The van der Waals surface area contributed by atoms with E-state index in [9.17, 15) is 29.1 Å². The molecule has 0 aromatic carbocycles. The second-order valence-corrected chi connectivity index (χ2v) is 8.74. The molecule has 1 fully saturated rings. The van der Waals surface area contributed by atoms with Crippen molar-refractivity contribution in [1.82, 2.24) is 26.6 Å². The lowest BCUT2D eigenvalue weighted by Gasteiger charge is -2.24. The lowest BCUT2D eigenvalue weighted by molar-refractivity contribution is -0.141. The number of thioether (sulfide) groups is 1. The summed E-state index contributed by atoms with van der Waals surface area (Å²) in [6, 6.07) is -2.23. The minimum atomic E-state index is -1.14. The Bertz CT molecular complexity index is 671. The summed E-state index contributed by atoms with van der Waals surface area (Å²) < 4.78 is 0. The lowest BCUT2D eigenvalue weighted by Crippen LogP contribution is -2.54. The van der Waals surface area contributed by atoms with Gasteiger partial charge in [-0.2, -0.15) is 11.8 Å². The average molecular weight is 474 g/mol. The molecule has 0 spiro atoms. The number of carbonyl (C=O) groups excluding carboxylic acids is 4. The highest BCUT2D eigenvalue weighted by molar-refractivity contribution is 7.98. The third-order valence-corrected chi connectivity index (χ3v) is 5.92. The fourth-order valence-electron chi connectivity index (χ4n) is 3.14. The summed E-state index contributed by atoms with van der Waals surface area (Å²) in [6.45, 7) is 3.75. The highest BCUT2D eigenvalue weighted by Crippen LogP contribution is 2.08. The van der Waals surface area contributed by atoms with Crippen LogP contribution in [0.2, 0.25) is 0 Å². The molecule has 0 aromatic heterocycles. The van der Waals surface area contributed by atoms with Crippen LogP contribution < -0.4 is 26.6 Å². The molecule has 12 heteroatoms. The van der Waals surface area contributed by atoms with Gasteiger partial charge in [0.15, 0.2) is 0 Å². The number of carboxylic acid groups (broad SMARTS) is 1. The number of nitrogens with one attached hydrogen (secondary N) is 5. The Morgan fingerprint density at radius 2 is 1.75 bits per heavy atom. The molecule has 11 nitrogen and oxygen atoms in total. The SMILES string of the molecule is CC[C@H](C)[C@H](NC(=O)CNC(=O)[C@@H]1CCCN1)C(=O)NCC(=O)N[C@@H](CCSC)C(=O)O. The summed E-state index contributed by atoms with van der Waals surface area (Å²) in [4.78, 5) is 60.2. The average Bonchev–Trinajstić information content (AvgIpc) is 3.31. The van der Waals surface area contributed by atoms with Gasteiger partial charge in [0.1, 0.15) is 12.1 Å². The van der Waals surface area contributed by atoms with Crippen LogP contribution in [0.1, 0.15) is 39.5 Å². The molecule has 1 heterocycles. The van der Waals surface area contributed by atoms with Crippen molar-refractivity contribution >= 4 is 41.4 Å². The number of rotatable bonds is 14. The smallest absolute Gasteiger partial charge is 0.326 e. The summed E-state index contributed by atoms with van der Waals surface area (Å²) in [5.74, 6) is -2.74. The van der Waals surface area contributed by atoms with Gasteiger partial charge in [-0.25, -0.2) is 4.79 Å². The highest BCUT2D eigenvalue weighted by Gasteiger charge is 2.28. The largest absolute Gasteiger partial charge is 0.480 e. The van der Waals surface area contributed by atoms with Gasteiger partial charge in [-0.05, 0) is 43.7 Å². The van der Waals surface area contributed by atoms with E-state index in [0.717, 1.165) is 13.0 Å². The molecule has 6 N–H and O–H groups in total. The third-order valence-electron chi connectivity index (χ3n) is 5.28. The minimum Gasteiger partial charge on any atom is -0.480 e. The molecular formula is C20H35N5O6S. The van der Waals surface area contributed by atoms with Gasteiger partial charge in [-0.15, -0.1) is 0 Å². The topological polar surface area (TPSA) is 166 Å². The number of hydrogen-bond acceptors (Lipinski definition) is 7. The predicted octanol–water partition coefficient (Wildman–Crippen LogP) is -1.18. The monoisotopic (exact) mass is 473 g/mol. The second-order valence-electron chi connectivity index (χ2n) is 7.76. The summed E-state index contributed by atoms with van der Waals surface area (Å²) in [5.41, 5.74) is 0. The molecule has 0 unspecified atom stereocenters. The highest BCUT2D eigenvalue weighted by atomic mass is 32.2. The van der Waals surface area contributed by atoms with Crippen molar-refractivity contribution in [2.75, 3.05) is 31.6 Å². The van der Waals surface area contributed by atoms with E-state index in [-0.39, 0.29) is 30.8 Å². The van der Waals surface area contributed by atoms with Gasteiger partial charge in [-0.1, -0.05) is 20.3 Å². The molecular weight excluding hydrogens is 438 g/mol. The molecule has 1 saturated heterocycles. The van der Waals surface area contributed by atoms with Gasteiger partial charge in [0.25, 0.3) is 0 Å². The van der Waals surface area contributed by atoms with Gasteiger partial charge in [-0.3, -0.25) is 19.2 Å². The van der Waals surface area contributed by atoms with Crippen LogP contribution in [0.5, 0.6) is 0 Å². The minimum absolute atomic E-state index is 0.220. The van der Waals surface area contributed by atoms with Gasteiger partial charge in [0.2, 0.25) is 23.6 Å².